The van der Waals surface area contributed by atoms with Crippen LogP contribution in [0.3, 0.4) is 0 Å². The third kappa shape index (κ3) is 4.73. The Bertz CT molecular complexity index is 1040. The Labute approximate surface area is 205 Å². The van der Waals surface area contributed by atoms with Crippen molar-refractivity contribution < 1.29 is 34.8 Å². The van der Waals surface area contributed by atoms with Gasteiger partial charge in [0.1, 0.15) is 34.8 Å². The van der Waals surface area contributed by atoms with E-state index in [2.05, 4.69) is 5.32 Å². The van der Waals surface area contributed by atoms with E-state index in [1.807, 2.05) is 30.3 Å². The molecule has 0 radical (unpaired) electrons. The Hall–Kier alpha value is -2.38. The fourth-order valence-corrected chi connectivity index (χ4v) is 5.63. The Morgan fingerprint density at radius 1 is 1.00 bits per heavy atom. The van der Waals surface area contributed by atoms with Crippen molar-refractivity contribution in [2.75, 3.05) is 6.61 Å². The van der Waals surface area contributed by atoms with E-state index in [1.54, 1.807) is 30.3 Å². The molecule has 0 saturated carbocycles. The largest absolute Gasteiger partial charge is 0.394 e. The van der Waals surface area contributed by atoms with Crippen molar-refractivity contribution in [3.05, 3.63) is 71.8 Å². The first kappa shape index (κ1) is 24.7. The van der Waals surface area contributed by atoms with Gasteiger partial charge in [0.05, 0.1) is 11.9 Å². The SMILES string of the molecule is O=C(N[C@H]1C(=O)N([C@@H]2O[C@H](CO)[C@@H](O)[C@H](O)[C@H]2O)C(=S)S[C@H]1c1ccccc1)c1ccccc1. The molecule has 7 atom stereocenters. The van der Waals surface area contributed by atoms with Gasteiger partial charge in [-0.25, -0.2) is 0 Å². The van der Waals surface area contributed by atoms with E-state index in [0.29, 0.717) is 5.56 Å². The van der Waals surface area contributed by atoms with Crippen LogP contribution in [-0.4, -0.2) is 84.8 Å². The van der Waals surface area contributed by atoms with Crippen LogP contribution >= 0.6 is 24.0 Å². The molecule has 2 amide bonds. The van der Waals surface area contributed by atoms with E-state index in [0.717, 1.165) is 22.2 Å². The molecule has 34 heavy (non-hydrogen) atoms. The maximum absolute atomic E-state index is 13.7. The van der Waals surface area contributed by atoms with Gasteiger partial charge in [-0.15, -0.1) is 0 Å². The lowest BCUT2D eigenvalue weighted by Crippen LogP contribution is -2.67. The number of benzene rings is 2. The number of ether oxygens (including phenoxy) is 1. The predicted octanol–water partition coefficient (Wildman–Crippen LogP) is 0.187. The lowest BCUT2D eigenvalue weighted by Gasteiger charge is -2.47. The number of carbonyl (C=O) groups is 2. The standard InChI is InChI=1S/C23H24N2O7S2/c26-11-14-16(27)17(28)18(29)22(32-14)25-21(31)15(24-20(30)13-9-5-2-6-10-13)19(34-23(25)33)12-7-3-1-4-8-12/h1-10,14-19,22,26-29H,11H2,(H,24,30)/t14-,15-,16-,17+,18-,19+,22-/m1/s1. The molecule has 2 aromatic rings. The Morgan fingerprint density at radius 2 is 1.62 bits per heavy atom. The Balaban J connectivity index is 1.67. The fraction of sp³-hybridized carbons (Fsp3) is 0.348. The zero-order chi connectivity index (χ0) is 24.4. The van der Waals surface area contributed by atoms with Crippen molar-refractivity contribution in [1.82, 2.24) is 10.2 Å². The van der Waals surface area contributed by atoms with Crippen molar-refractivity contribution in [2.45, 2.75) is 41.9 Å². The molecule has 0 aliphatic carbocycles. The third-order valence-corrected chi connectivity index (χ3v) is 7.48. The molecule has 9 nitrogen and oxygen atoms in total. The van der Waals surface area contributed by atoms with Crippen LogP contribution in [0.5, 0.6) is 0 Å². The highest BCUT2D eigenvalue weighted by Gasteiger charge is 2.52. The van der Waals surface area contributed by atoms with Gasteiger partial charge in [-0.3, -0.25) is 14.5 Å². The van der Waals surface area contributed by atoms with Gasteiger partial charge in [0, 0.05) is 5.56 Å². The average molecular weight is 505 g/mol. The number of amides is 2. The van der Waals surface area contributed by atoms with Crippen molar-refractivity contribution in [3.8, 4) is 0 Å². The molecular formula is C23H24N2O7S2. The summed E-state index contributed by atoms with van der Waals surface area (Å²) in [5.74, 6) is -1.12. The molecule has 2 heterocycles. The molecule has 0 spiro atoms. The molecule has 4 rings (SSSR count). The normalized spacial score (nSPS) is 31.9. The molecule has 2 aliphatic rings. The van der Waals surface area contributed by atoms with Crippen molar-refractivity contribution in [2.24, 2.45) is 0 Å². The number of aliphatic hydroxyl groups excluding tert-OH is 4. The number of hydrogen-bond donors (Lipinski definition) is 5. The summed E-state index contributed by atoms with van der Waals surface area (Å²) in [5.41, 5.74) is 1.12. The number of thiocarbonyl (C=S) groups is 1. The first-order valence-electron chi connectivity index (χ1n) is 10.6. The molecule has 2 fully saturated rings. The van der Waals surface area contributed by atoms with Crippen molar-refractivity contribution >= 4 is 40.1 Å². The summed E-state index contributed by atoms with van der Waals surface area (Å²) in [4.78, 5) is 27.7. The van der Waals surface area contributed by atoms with Gasteiger partial charge in [0.2, 0.25) is 0 Å². The third-order valence-electron chi connectivity index (χ3n) is 5.80. The maximum atomic E-state index is 13.7. The number of carbonyl (C=O) groups excluding carboxylic acids is 2. The minimum absolute atomic E-state index is 0.0633. The average Bonchev–Trinajstić information content (AvgIpc) is 2.86. The number of nitrogens with one attached hydrogen (secondary N) is 1. The van der Waals surface area contributed by atoms with Crippen molar-refractivity contribution in [3.63, 3.8) is 0 Å². The lowest BCUT2D eigenvalue weighted by molar-refractivity contribution is -0.253. The van der Waals surface area contributed by atoms with Gasteiger partial charge < -0.3 is 30.5 Å². The van der Waals surface area contributed by atoms with Crippen LogP contribution in [0.25, 0.3) is 0 Å². The molecule has 180 valence electrons. The molecule has 11 heteroatoms. The van der Waals surface area contributed by atoms with Crippen LogP contribution in [0.2, 0.25) is 0 Å². The molecule has 0 aromatic heterocycles. The minimum atomic E-state index is -1.70. The number of nitrogens with zero attached hydrogens (tertiary/aromatic N) is 1. The zero-order valence-corrected chi connectivity index (χ0v) is 19.4. The van der Waals surface area contributed by atoms with Gasteiger partial charge in [-0.2, -0.15) is 0 Å². The number of rotatable bonds is 5. The highest BCUT2D eigenvalue weighted by Crippen LogP contribution is 2.41. The van der Waals surface area contributed by atoms with Gasteiger partial charge >= 0.3 is 0 Å². The second-order valence-electron chi connectivity index (χ2n) is 7.96. The van der Waals surface area contributed by atoms with E-state index < -0.39 is 60.4 Å². The zero-order valence-electron chi connectivity index (χ0n) is 17.8. The summed E-state index contributed by atoms with van der Waals surface area (Å²) in [5, 5.41) is 42.6. The van der Waals surface area contributed by atoms with Crippen LogP contribution in [0.15, 0.2) is 60.7 Å². The topological polar surface area (TPSA) is 140 Å². The smallest absolute Gasteiger partial charge is 0.254 e. The van der Waals surface area contributed by atoms with Crippen LogP contribution in [-0.2, 0) is 9.53 Å². The first-order valence-corrected chi connectivity index (χ1v) is 11.9. The number of hydrogen-bond acceptors (Lipinski definition) is 9. The second-order valence-corrected chi connectivity index (χ2v) is 9.74. The highest BCUT2D eigenvalue weighted by atomic mass is 32.2. The molecule has 2 aromatic carbocycles. The lowest BCUT2D eigenvalue weighted by atomic mass is 9.97. The van der Waals surface area contributed by atoms with Crippen LogP contribution < -0.4 is 5.32 Å². The quantitative estimate of drug-likeness (QED) is 0.361. The van der Waals surface area contributed by atoms with E-state index in [9.17, 15) is 30.0 Å². The molecule has 5 N–H and O–H groups in total. The van der Waals surface area contributed by atoms with Gasteiger partial charge in [0.25, 0.3) is 11.8 Å². The fourth-order valence-electron chi connectivity index (χ4n) is 3.98. The summed E-state index contributed by atoms with van der Waals surface area (Å²) in [6.45, 7) is -0.649. The van der Waals surface area contributed by atoms with Crippen LogP contribution in [0.1, 0.15) is 21.2 Å². The second kappa shape index (κ2) is 10.5. The Morgan fingerprint density at radius 3 is 2.24 bits per heavy atom. The molecule has 0 unspecified atom stereocenters. The Kier molecular flexibility index (Phi) is 7.63. The summed E-state index contributed by atoms with van der Waals surface area (Å²) < 4.78 is 5.63. The predicted molar refractivity (Wildman–Crippen MR) is 128 cm³/mol. The summed E-state index contributed by atoms with van der Waals surface area (Å²) >= 11 is 6.60. The minimum Gasteiger partial charge on any atom is -0.394 e. The number of thioether (sulfide) groups is 1. The summed E-state index contributed by atoms with van der Waals surface area (Å²) in [6.07, 6.45) is -7.63. The van der Waals surface area contributed by atoms with Gasteiger partial charge in [-0.05, 0) is 17.7 Å². The maximum Gasteiger partial charge on any atom is 0.254 e. The summed E-state index contributed by atoms with van der Waals surface area (Å²) in [6, 6.07) is 16.4. The molecule has 2 aliphatic heterocycles. The number of aliphatic hydroxyl groups is 4. The summed E-state index contributed by atoms with van der Waals surface area (Å²) in [7, 11) is 0. The van der Waals surface area contributed by atoms with E-state index in [-0.39, 0.29) is 4.32 Å². The van der Waals surface area contributed by atoms with E-state index in [1.165, 1.54) is 0 Å². The molecule has 0 bridgehead atoms. The molecule has 2 saturated heterocycles. The van der Waals surface area contributed by atoms with E-state index in [4.69, 9.17) is 17.0 Å². The van der Waals surface area contributed by atoms with Gasteiger partial charge in [-0.1, -0.05) is 72.5 Å². The highest BCUT2D eigenvalue weighted by molar-refractivity contribution is 8.23. The van der Waals surface area contributed by atoms with Crippen molar-refractivity contribution in [1.29, 1.82) is 0 Å². The first-order chi connectivity index (χ1) is 16.3. The van der Waals surface area contributed by atoms with Crippen LogP contribution in [0, 0.1) is 0 Å². The van der Waals surface area contributed by atoms with Crippen LogP contribution in [0.4, 0.5) is 0 Å². The van der Waals surface area contributed by atoms with E-state index >= 15 is 0 Å². The molecular weight excluding hydrogens is 480 g/mol. The monoisotopic (exact) mass is 504 g/mol. The van der Waals surface area contributed by atoms with Gasteiger partial charge in [0.15, 0.2) is 6.23 Å².